The van der Waals surface area contributed by atoms with Gasteiger partial charge in [0.1, 0.15) is 11.9 Å². The highest BCUT2D eigenvalue weighted by atomic mass is 16.2. The minimum absolute atomic E-state index is 0.0354. The minimum atomic E-state index is -1.06. The topological polar surface area (TPSA) is 214 Å². The van der Waals surface area contributed by atoms with Gasteiger partial charge in [-0.3, -0.25) is 48.7 Å². The van der Waals surface area contributed by atoms with Gasteiger partial charge in [-0.25, -0.2) is 4.98 Å². The smallest absolute Gasteiger partial charge is 0.264 e. The number of ketones is 2. The third kappa shape index (κ3) is 10.0. The first-order valence-corrected chi connectivity index (χ1v) is 21.9. The predicted octanol–water partition coefficient (Wildman–Crippen LogP) is 4.91. The molecule has 3 aromatic rings. The van der Waals surface area contributed by atoms with Gasteiger partial charge in [0.25, 0.3) is 11.8 Å². The lowest BCUT2D eigenvalue weighted by atomic mass is 9.88. The van der Waals surface area contributed by atoms with Crippen molar-refractivity contribution in [1.29, 1.82) is 5.41 Å². The largest absolute Gasteiger partial charge is 0.384 e. The number of allylic oxidation sites excluding steroid dienone is 4. The maximum Gasteiger partial charge on any atom is 0.264 e. The van der Waals surface area contributed by atoms with Gasteiger partial charge >= 0.3 is 0 Å². The molecule has 1 atom stereocenters. The van der Waals surface area contributed by atoms with Gasteiger partial charge < -0.3 is 26.3 Å². The molecule has 4 aliphatic rings. The van der Waals surface area contributed by atoms with Gasteiger partial charge in [0, 0.05) is 118 Å². The summed E-state index contributed by atoms with van der Waals surface area (Å²) in [5.74, 6) is -1.70. The molecule has 5 N–H and O–H groups in total. The van der Waals surface area contributed by atoms with E-state index in [0.717, 1.165) is 59.2 Å². The number of nitrogens with zero attached hydrogens (tertiary/aromatic N) is 4. The van der Waals surface area contributed by atoms with Crippen molar-refractivity contribution in [2.75, 3.05) is 61.3 Å². The number of hydrogen-bond donors (Lipinski definition) is 5. The van der Waals surface area contributed by atoms with Crippen LogP contribution in [0.3, 0.4) is 0 Å². The molecule has 16 nitrogen and oxygen atoms in total. The number of rotatable bonds is 17. The molecule has 0 bridgehead atoms. The summed E-state index contributed by atoms with van der Waals surface area (Å²) in [7, 11) is 0. The highest BCUT2D eigenvalue weighted by Crippen LogP contribution is 2.34. The van der Waals surface area contributed by atoms with Gasteiger partial charge in [-0.1, -0.05) is 17.7 Å². The van der Waals surface area contributed by atoms with Crippen molar-refractivity contribution in [3.05, 3.63) is 93.7 Å². The van der Waals surface area contributed by atoms with E-state index in [9.17, 15) is 33.6 Å². The van der Waals surface area contributed by atoms with Gasteiger partial charge in [-0.2, -0.15) is 0 Å². The first-order chi connectivity index (χ1) is 30.7. The van der Waals surface area contributed by atoms with E-state index in [1.54, 1.807) is 18.3 Å². The average Bonchev–Trinajstić information content (AvgIpc) is 3.51. The number of benzene rings is 2. The maximum atomic E-state index is 13.8. The van der Waals surface area contributed by atoms with Gasteiger partial charge in [0.05, 0.1) is 11.1 Å². The molecule has 1 unspecified atom stereocenters. The number of Topliss-reactive ketones (excluding diaryl/α,β-unsaturated/α-hetero) is 2. The van der Waals surface area contributed by atoms with Gasteiger partial charge in [0.15, 0.2) is 11.6 Å². The summed E-state index contributed by atoms with van der Waals surface area (Å²) in [5.41, 5.74) is 6.61. The molecular weight excluding hydrogens is 815 g/mol. The van der Waals surface area contributed by atoms with Crippen LogP contribution in [0.15, 0.2) is 71.5 Å². The molecule has 7 rings (SSSR count). The van der Waals surface area contributed by atoms with E-state index in [2.05, 4.69) is 31.1 Å². The quantitative estimate of drug-likeness (QED) is 0.0696. The summed E-state index contributed by atoms with van der Waals surface area (Å²) in [6.45, 7) is 12.3. The third-order valence-corrected chi connectivity index (χ3v) is 12.0. The maximum absolute atomic E-state index is 13.8. The van der Waals surface area contributed by atoms with Crippen molar-refractivity contribution in [2.45, 2.75) is 78.3 Å². The molecule has 0 saturated carbocycles. The summed E-state index contributed by atoms with van der Waals surface area (Å²) < 4.78 is 0. The summed E-state index contributed by atoms with van der Waals surface area (Å²) in [5, 5.41) is 19.9. The molecule has 16 heteroatoms. The van der Waals surface area contributed by atoms with Crippen molar-refractivity contribution in [1.82, 2.24) is 25.4 Å². The van der Waals surface area contributed by atoms with E-state index >= 15 is 0 Å². The van der Waals surface area contributed by atoms with Crippen LogP contribution in [0.5, 0.6) is 0 Å². The fraction of sp³-hybridized carbons (Fsp3) is 0.396. The standard InChI is InChI=1S/C48H55N9O7/c1-28(2)53-38-25-32(24-35(36(38)26-49)40(58)11-9-33-30(4)22-29(3)23-41(33)59)31-8-12-42(52-27-31)56-20-18-55(19-21-56)17-16-51-43(60)14-15-50-37-7-5-6-34-45(37)48(64)57(47(34)63)39-10-13-44(61)54-46(39)62/h5-8,12,22,24-28,39,49-50,53H,9-11,13-21,23H2,1-4H3,(H,51,60)(H,54,61,62). The van der Waals surface area contributed by atoms with E-state index in [4.69, 9.17) is 10.4 Å². The van der Waals surface area contributed by atoms with Crippen molar-refractivity contribution in [2.24, 2.45) is 0 Å². The molecule has 2 aromatic carbocycles. The molecule has 1 aromatic heterocycles. The van der Waals surface area contributed by atoms with Crippen LogP contribution < -0.4 is 26.2 Å². The monoisotopic (exact) mass is 869 g/mol. The lowest BCUT2D eigenvalue weighted by Gasteiger charge is -2.35. The Labute approximate surface area is 372 Å². The van der Waals surface area contributed by atoms with E-state index in [1.165, 1.54) is 12.3 Å². The molecule has 2 fully saturated rings. The number of amides is 5. The van der Waals surface area contributed by atoms with Crippen LogP contribution in [0.1, 0.15) is 103 Å². The van der Waals surface area contributed by atoms with Crippen molar-refractivity contribution >= 4 is 64.5 Å². The van der Waals surface area contributed by atoms with Gasteiger partial charge in [-0.15, -0.1) is 0 Å². The van der Waals surface area contributed by atoms with Gasteiger partial charge in [-0.05, 0) is 93.6 Å². The fourth-order valence-electron chi connectivity index (χ4n) is 8.79. The summed E-state index contributed by atoms with van der Waals surface area (Å²) in [6.07, 6.45) is 6.16. The zero-order valence-corrected chi connectivity index (χ0v) is 36.8. The number of nitrogens with one attached hydrogen (secondary N) is 5. The van der Waals surface area contributed by atoms with Crippen molar-refractivity contribution in [3.63, 3.8) is 0 Å². The first kappa shape index (κ1) is 45.2. The van der Waals surface area contributed by atoms with Crippen LogP contribution in [-0.2, 0) is 19.2 Å². The third-order valence-electron chi connectivity index (χ3n) is 12.0. The van der Waals surface area contributed by atoms with E-state index < -0.39 is 29.7 Å². The fourth-order valence-corrected chi connectivity index (χ4v) is 8.79. The van der Waals surface area contributed by atoms with E-state index in [0.29, 0.717) is 54.0 Å². The number of pyridine rings is 1. The van der Waals surface area contributed by atoms with Crippen LogP contribution >= 0.6 is 0 Å². The predicted molar refractivity (Wildman–Crippen MR) is 244 cm³/mol. The molecule has 4 heterocycles. The van der Waals surface area contributed by atoms with Crippen LogP contribution in [0.4, 0.5) is 17.2 Å². The van der Waals surface area contributed by atoms with Crippen LogP contribution in [-0.4, -0.2) is 120 Å². The molecule has 2 saturated heterocycles. The molecule has 334 valence electrons. The zero-order chi connectivity index (χ0) is 45.7. The summed E-state index contributed by atoms with van der Waals surface area (Å²) in [6, 6.07) is 11.6. The second-order valence-electron chi connectivity index (χ2n) is 17.0. The second kappa shape index (κ2) is 19.7. The lowest BCUT2D eigenvalue weighted by Crippen LogP contribution is -2.54. The van der Waals surface area contributed by atoms with E-state index in [1.807, 2.05) is 58.0 Å². The number of fused-ring (bicyclic) bond motifs is 1. The number of carbonyl (C=O) groups excluding carboxylic acids is 7. The van der Waals surface area contributed by atoms with E-state index in [-0.39, 0.29) is 66.9 Å². The average molecular weight is 870 g/mol. The molecule has 1 aliphatic carbocycles. The first-order valence-electron chi connectivity index (χ1n) is 21.9. The number of imide groups is 2. The van der Waals surface area contributed by atoms with Crippen LogP contribution in [0.2, 0.25) is 0 Å². The molecule has 3 aliphatic heterocycles. The molecule has 0 spiro atoms. The Morgan fingerprint density at radius 2 is 1.72 bits per heavy atom. The Morgan fingerprint density at radius 1 is 0.938 bits per heavy atom. The molecular formula is C48H55N9O7. The van der Waals surface area contributed by atoms with Crippen molar-refractivity contribution < 1.29 is 33.6 Å². The van der Waals surface area contributed by atoms with Crippen LogP contribution in [0.25, 0.3) is 11.1 Å². The van der Waals surface area contributed by atoms with Gasteiger partial charge in [0.2, 0.25) is 17.7 Å². The lowest BCUT2D eigenvalue weighted by molar-refractivity contribution is -0.136. The molecule has 0 radical (unpaired) electrons. The van der Waals surface area contributed by atoms with Crippen LogP contribution in [0, 0.1) is 5.41 Å². The Morgan fingerprint density at radius 3 is 2.41 bits per heavy atom. The molecule has 64 heavy (non-hydrogen) atoms. The number of piperazine rings is 1. The zero-order valence-electron chi connectivity index (χ0n) is 36.8. The number of carbonyl (C=O) groups is 7. The minimum Gasteiger partial charge on any atom is -0.384 e. The molecule has 5 amide bonds. The SMILES string of the molecule is CC1=CC(C)=C(CCC(=O)c2cc(-c3ccc(N4CCN(CCNC(=O)CCNc5cccc6c5C(=O)N(C5CCC(=O)NC5=O)C6=O)CC4)nc3)cc(NC(C)C)c2C=N)C(=O)C1. The Bertz CT molecular complexity index is 2470. The normalized spacial score (nSPS) is 18.0. The number of piperidine rings is 1. The Kier molecular flexibility index (Phi) is 13.9. The number of anilines is 3. The number of hydrogen-bond acceptors (Lipinski definition) is 13. The highest BCUT2D eigenvalue weighted by Gasteiger charge is 2.45. The summed E-state index contributed by atoms with van der Waals surface area (Å²) >= 11 is 0. The Balaban J connectivity index is 0.885. The number of aromatic nitrogens is 1. The highest BCUT2D eigenvalue weighted by molar-refractivity contribution is 6.25. The summed E-state index contributed by atoms with van der Waals surface area (Å²) in [4.78, 5) is 100. The second-order valence-corrected chi connectivity index (χ2v) is 17.0. The Hall–Kier alpha value is -6.81. The van der Waals surface area contributed by atoms with Crippen molar-refractivity contribution in [3.8, 4) is 11.1 Å².